The van der Waals surface area contributed by atoms with Crippen molar-refractivity contribution in [2.24, 2.45) is 0 Å². The number of rotatable bonds is 10. The molecule has 1 N–H and O–H groups in total. The Labute approximate surface area is 225 Å². The predicted octanol–water partition coefficient (Wildman–Crippen LogP) is 6.38. The van der Waals surface area contributed by atoms with Crippen LogP contribution < -0.4 is 5.32 Å². The molecule has 3 aromatic rings. The molecule has 190 valence electrons. The van der Waals surface area contributed by atoms with Gasteiger partial charge in [-0.05, 0) is 61.7 Å². The third-order valence-corrected chi connectivity index (χ3v) is 6.96. The Hall–Kier alpha value is -2.64. The highest BCUT2D eigenvalue weighted by atomic mass is 79.9. The van der Waals surface area contributed by atoms with Crippen LogP contribution in [0.15, 0.2) is 83.3 Å². The summed E-state index contributed by atoms with van der Waals surface area (Å²) in [5, 5.41) is 3.07. The molecule has 0 saturated heterocycles. The molecule has 2 amide bonds. The van der Waals surface area contributed by atoms with Gasteiger partial charge in [0.2, 0.25) is 11.8 Å². The fraction of sp³-hybridized carbons (Fsp3) is 0.310. The van der Waals surface area contributed by atoms with Crippen LogP contribution in [0.4, 0.5) is 4.39 Å². The second kappa shape index (κ2) is 13.1. The number of nitrogens with one attached hydrogen (secondary N) is 1. The minimum absolute atomic E-state index is 0.116. The zero-order valence-corrected chi connectivity index (χ0v) is 23.2. The van der Waals surface area contributed by atoms with E-state index in [0.717, 1.165) is 21.2 Å². The lowest BCUT2D eigenvalue weighted by molar-refractivity contribution is -0.140. The van der Waals surface area contributed by atoms with Crippen LogP contribution >= 0.6 is 27.7 Å². The summed E-state index contributed by atoms with van der Waals surface area (Å²) >= 11 is 4.92. The van der Waals surface area contributed by atoms with Gasteiger partial charge in [0, 0.05) is 28.7 Å². The smallest absolute Gasteiger partial charge is 0.243 e. The molecule has 0 saturated carbocycles. The van der Waals surface area contributed by atoms with Gasteiger partial charge in [0.15, 0.2) is 0 Å². The number of benzene rings is 3. The number of thioether (sulfide) groups is 1. The van der Waals surface area contributed by atoms with E-state index < -0.39 is 11.6 Å². The van der Waals surface area contributed by atoms with Crippen molar-refractivity contribution < 1.29 is 14.0 Å². The summed E-state index contributed by atoms with van der Waals surface area (Å²) in [7, 11) is 0. The molecule has 0 aromatic heterocycles. The molecule has 0 radical (unpaired) electrons. The van der Waals surface area contributed by atoms with E-state index in [1.807, 2.05) is 75.4 Å². The summed E-state index contributed by atoms with van der Waals surface area (Å²) in [6.45, 7) is 6.12. The Bertz CT molecular complexity index is 1130. The number of carbonyl (C=O) groups is 2. The molecule has 0 aliphatic heterocycles. The molecular weight excluding hydrogens is 539 g/mol. The maximum Gasteiger partial charge on any atom is 0.243 e. The highest BCUT2D eigenvalue weighted by Crippen LogP contribution is 2.20. The topological polar surface area (TPSA) is 49.4 Å². The minimum atomic E-state index is -0.672. The zero-order valence-electron chi connectivity index (χ0n) is 20.8. The van der Waals surface area contributed by atoms with E-state index in [4.69, 9.17) is 0 Å². The van der Waals surface area contributed by atoms with Gasteiger partial charge in [0.1, 0.15) is 11.9 Å². The number of hydrogen-bond acceptors (Lipinski definition) is 3. The van der Waals surface area contributed by atoms with Crippen molar-refractivity contribution in [3.63, 3.8) is 0 Å². The van der Waals surface area contributed by atoms with Crippen molar-refractivity contribution in [1.82, 2.24) is 10.2 Å². The predicted molar refractivity (Wildman–Crippen MR) is 149 cm³/mol. The number of carbonyl (C=O) groups excluding carboxylic acids is 2. The second-order valence-electron chi connectivity index (χ2n) is 9.71. The quantitative estimate of drug-likeness (QED) is 0.308. The van der Waals surface area contributed by atoms with Gasteiger partial charge in [-0.25, -0.2) is 4.39 Å². The summed E-state index contributed by atoms with van der Waals surface area (Å²) < 4.78 is 14.2. The number of nitrogens with zero attached hydrogens (tertiary/aromatic N) is 1. The van der Waals surface area contributed by atoms with Crippen molar-refractivity contribution in [3.8, 4) is 0 Å². The van der Waals surface area contributed by atoms with Crippen molar-refractivity contribution in [1.29, 1.82) is 0 Å². The third kappa shape index (κ3) is 9.10. The first-order valence-corrected chi connectivity index (χ1v) is 13.8. The lowest BCUT2D eigenvalue weighted by Gasteiger charge is -2.34. The zero-order chi connectivity index (χ0) is 26.1. The van der Waals surface area contributed by atoms with E-state index in [1.165, 1.54) is 23.9 Å². The summed E-state index contributed by atoms with van der Waals surface area (Å²) in [5.74, 6) is 0.210. The van der Waals surface area contributed by atoms with Gasteiger partial charge in [-0.15, -0.1) is 11.8 Å². The van der Waals surface area contributed by atoms with Crippen molar-refractivity contribution in [3.05, 3.63) is 106 Å². The minimum Gasteiger partial charge on any atom is -0.350 e. The van der Waals surface area contributed by atoms with Crippen LogP contribution in [-0.2, 0) is 28.3 Å². The van der Waals surface area contributed by atoms with Gasteiger partial charge in [-0.2, -0.15) is 0 Å². The lowest BCUT2D eigenvalue weighted by Crippen LogP contribution is -2.54. The first kappa shape index (κ1) is 27.9. The van der Waals surface area contributed by atoms with E-state index in [9.17, 15) is 14.0 Å². The van der Waals surface area contributed by atoms with Gasteiger partial charge >= 0.3 is 0 Å². The highest BCUT2D eigenvalue weighted by molar-refractivity contribution is 9.10. The van der Waals surface area contributed by atoms with Gasteiger partial charge in [0.25, 0.3) is 0 Å². The molecule has 3 rings (SSSR count). The highest BCUT2D eigenvalue weighted by Gasteiger charge is 2.32. The molecule has 0 aliphatic rings. The Morgan fingerprint density at radius 3 is 2.14 bits per heavy atom. The monoisotopic (exact) mass is 570 g/mol. The van der Waals surface area contributed by atoms with Crippen LogP contribution in [0.5, 0.6) is 0 Å². The molecule has 0 bridgehead atoms. The molecule has 1 atom stereocenters. The molecular formula is C29H32BrFN2O2S. The average Bonchev–Trinajstić information content (AvgIpc) is 2.83. The lowest BCUT2D eigenvalue weighted by atomic mass is 10.0. The normalized spacial score (nSPS) is 12.1. The number of halogens is 2. The average molecular weight is 572 g/mol. The Kier molecular flexibility index (Phi) is 10.1. The largest absolute Gasteiger partial charge is 0.350 e. The van der Waals surface area contributed by atoms with E-state index in [2.05, 4.69) is 21.2 Å². The van der Waals surface area contributed by atoms with Crippen LogP contribution in [-0.4, -0.2) is 34.0 Å². The van der Waals surface area contributed by atoms with Gasteiger partial charge in [0.05, 0.1) is 5.75 Å². The summed E-state index contributed by atoms with van der Waals surface area (Å²) in [6, 6.07) is 23.2. The number of amides is 2. The number of hydrogen-bond donors (Lipinski definition) is 1. The summed E-state index contributed by atoms with van der Waals surface area (Å²) in [5.41, 5.74) is 2.44. The van der Waals surface area contributed by atoms with E-state index >= 15 is 0 Å². The molecule has 3 aromatic carbocycles. The summed E-state index contributed by atoms with van der Waals surface area (Å²) in [6.07, 6.45) is 0.410. The van der Waals surface area contributed by atoms with E-state index in [0.29, 0.717) is 18.7 Å². The van der Waals surface area contributed by atoms with Crippen LogP contribution in [0, 0.1) is 5.82 Å². The first-order valence-electron chi connectivity index (χ1n) is 11.8. The fourth-order valence-corrected chi connectivity index (χ4v) is 4.85. The van der Waals surface area contributed by atoms with Gasteiger partial charge in [-0.3, -0.25) is 9.59 Å². The first-order chi connectivity index (χ1) is 17.1. The molecule has 1 unspecified atom stereocenters. The molecule has 36 heavy (non-hydrogen) atoms. The van der Waals surface area contributed by atoms with Crippen LogP contribution in [0.3, 0.4) is 0 Å². The van der Waals surface area contributed by atoms with Crippen molar-refractivity contribution >= 4 is 39.5 Å². The molecule has 0 fully saturated rings. The second-order valence-corrected chi connectivity index (χ2v) is 11.6. The Morgan fingerprint density at radius 2 is 1.53 bits per heavy atom. The third-order valence-electron chi connectivity index (χ3n) is 5.44. The maximum absolute atomic E-state index is 13.6. The van der Waals surface area contributed by atoms with Gasteiger partial charge < -0.3 is 10.2 Å². The maximum atomic E-state index is 13.6. The van der Waals surface area contributed by atoms with Crippen LogP contribution in [0.25, 0.3) is 0 Å². The molecule has 0 aliphatic carbocycles. The summed E-state index contributed by atoms with van der Waals surface area (Å²) in [4.78, 5) is 28.8. The molecule has 4 nitrogen and oxygen atoms in total. The Balaban J connectivity index is 1.85. The van der Waals surface area contributed by atoms with Crippen LogP contribution in [0.2, 0.25) is 0 Å². The standard InChI is InChI=1S/C29H32BrFN2O2S/c1-29(2,3)32-28(35)26(17-21-7-5-4-6-8-21)33(18-22-9-13-24(30)14-10-22)27(34)20-36-19-23-11-15-25(31)16-12-23/h4-16,26H,17-20H2,1-3H3,(H,32,35). The van der Waals surface area contributed by atoms with Gasteiger partial charge in [-0.1, -0.05) is 70.5 Å². The van der Waals surface area contributed by atoms with Crippen LogP contribution in [0.1, 0.15) is 37.5 Å². The van der Waals surface area contributed by atoms with E-state index in [1.54, 1.807) is 17.0 Å². The molecule has 7 heteroatoms. The fourth-order valence-electron chi connectivity index (χ4n) is 3.71. The Morgan fingerprint density at radius 1 is 0.917 bits per heavy atom. The van der Waals surface area contributed by atoms with E-state index in [-0.39, 0.29) is 23.4 Å². The van der Waals surface area contributed by atoms with Crippen molar-refractivity contribution in [2.45, 2.75) is 51.1 Å². The van der Waals surface area contributed by atoms with Crippen molar-refractivity contribution in [2.75, 3.05) is 5.75 Å². The molecule has 0 spiro atoms. The SMILES string of the molecule is CC(C)(C)NC(=O)C(Cc1ccccc1)N(Cc1ccc(Br)cc1)C(=O)CSCc1ccc(F)cc1. The molecule has 0 heterocycles.